The Morgan fingerprint density at radius 2 is 2.13 bits per heavy atom. The third-order valence-electron chi connectivity index (χ3n) is 1.67. The number of carbonyl (C=O) groups excluding carboxylic acids is 1. The second-order valence-electron chi connectivity index (χ2n) is 2.90. The summed E-state index contributed by atoms with van der Waals surface area (Å²) in [4.78, 5) is 11.4. The minimum absolute atomic E-state index is 0.0747. The van der Waals surface area contributed by atoms with Crippen LogP contribution in [0.4, 0.5) is 0 Å². The Kier molecular flexibility index (Phi) is 3.57. The van der Waals surface area contributed by atoms with Crippen molar-refractivity contribution in [3.63, 3.8) is 0 Å². The standard InChI is InChI=1S/C10H10ClNO3/c1-6(11)5-12-10(15)8-3-2-7(13)4-9(8)14/h2-4,13-14H,1,5H2,(H,12,15). The number of phenols is 2. The average Bonchev–Trinajstić information content (AvgIpc) is 2.14. The molecule has 0 spiro atoms. The molecule has 1 amide bonds. The quantitative estimate of drug-likeness (QED) is 0.734. The highest BCUT2D eigenvalue weighted by molar-refractivity contribution is 6.29. The van der Waals surface area contributed by atoms with E-state index in [0.29, 0.717) is 5.03 Å². The fourth-order valence-corrected chi connectivity index (χ4v) is 1.05. The number of benzene rings is 1. The Balaban J connectivity index is 2.78. The maximum Gasteiger partial charge on any atom is 0.255 e. The predicted molar refractivity (Wildman–Crippen MR) is 57.1 cm³/mol. The van der Waals surface area contributed by atoms with Gasteiger partial charge < -0.3 is 15.5 Å². The van der Waals surface area contributed by atoms with Crippen LogP contribution in [0.25, 0.3) is 0 Å². The van der Waals surface area contributed by atoms with Gasteiger partial charge in [-0.2, -0.15) is 0 Å². The highest BCUT2D eigenvalue weighted by Gasteiger charge is 2.10. The van der Waals surface area contributed by atoms with Crippen LogP contribution in [0.5, 0.6) is 11.5 Å². The first-order valence-corrected chi connectivity index (χ1v) is 4.52. The molecule has 0 aliphatic rings. The fourth-order valence-electron chi connectivity index (χ4n) is 0.983. The van der Waals surface area contributed by atoms with Gasteiger partial charge in [-0.3, -0.25) is 4.79 Å². The van der Waals surface area contributed by atoms with E-state index in [0.717, 1.165) is 6.07 Å². The van der Waals surface area contributed by atoms with Crippen LogP contribution in [0.1, 0.15) is 10.4 Å². The van der Waals surface area contributed by atoms with Crippen LogP contribution < -0.4 is 5.32 Å². The zero-order chi connectivity index (χ0) is 11.4. The van der Waals surface area contributed by atoms with Gasteiger partial charge in [0, 0.05) is 11.1 Å². The highest BCUT2D eigenvalue weighted by Crippen LogP contribution is 2.22. The monoisotopic (exact) mass is 227 g/mol. The molecule has 0 aliphatic carbocycles. The van der Waals surface area contributed by atoms with E-state index in [-0.39, 0.29) is 23.6 Å². The Bertz CT molecular complexity index is 404. The third kappa shape index (κ3) is 3.18. The van der Waals surface area contributed by atoms with Crippen molar-refractivity contribution in [3.8, 4) is 11.5 Å². The van der Waals surface area contributed by atoms with Gasteiger partial charge in [0.2, 0.25) is 0 Å². The van der Waals surface area contributed by atoms with Crippen molar-refractivity contribution in [1.29, 1.82) is 0 Å². The lowest BCUT2D eigenvalue weighted by molar-refractivity contribution is 0.0955. The summed E-state index contributed by atoms with van der Waals surface area (Å²) < 4.78 is 0. The molecular formula is C10H10ClNO3. The molecule has 0 heterocycles. The first kappa shape index (κ1) is 11.4. The summed E-state index contributed by atoms with van der Waals surface area (Å²) in [6.07, 6.45) is 0. The third-order valence-corrected chi connectivity index (χ3v) is 1.80. The topological polar surface area (TPSA) is 69.6 Å². The van der Waals surface area contributed by atoms with Crippen molar-refractivity contribution in [3.05, 3.63) is 35.4 Å². The number of nitrogens with one attached hydrogen (secondary N) is 1. The molecule has 1 aromatic carbocycles. The minimum atomic E-state index is -0.477. The van der Waals surface area contributed by atoms with Crippen molar-refractivity contribution in [2.75, 3.05) is 6.54 Å². The summed E-state index contributed by atoms with van der Waals surface area (Å²) in [6.45, 7) is 3.53. The Labute approximate surface area is 91.8 Å². The van der Waals surface area contributed by atoms with Crippen LogP contribution in [0, 0.1) is 0 Å². The molecule has 0 aliphatic heterocycles. The van der Waals surface area contributed by atoms with E-state index in [1.807, 2.05) is 0 Å². The molecule has 0 bridgehead atoms. The number of hydrogen-bond donors (Lipinski definition) is 3. The van der Waals surface area contributed by atoms with E-state index in [4.69, 9.17) is 16.7 Å². The van der Waals surface area contributed by atoms with Crippen LogP contribution in [-0.4, -0.2) is 22.7 Å². The summed E-state index contributed by atoms with van der Waals surface area (Å²) >= 11 is 5.46. The molecule has 80 valence electrons. The lowest BCUT2D eigenvalue weighted by atomic mass is 10.2. The van der Waals surface area contributed by atoms with E-state index < -0.39 is 5.91 Å². The smallest absolute Gasteiger partial charge is 0.255 e. The van der Waals surface area contributed by atoms with Gasteiger partial charge in [-0.25, -0.2) is 0 Å². The molecule has 5 heteroatoms. The number of phenolic OH excluding ortho intramolecular Hbond substituents is 2. The normalized spacial score (nSPS) is 9.67. The summed E-state index contributed by atoms with van der Waals surface area (Å²) in [7, 11) is 0. The first-order valence-electron chi connectivity index (χ1n) is 4.14. The van der Waals surface area contributed by atoms with Gasteiger partial charge >= 0.3 is 0 Å². The molecule has 15 heavy (non-hydrogen) atoms. The largest absolute Gasteiger partial charge is 0.508 e. The zero-order valence-electron chi connectivity index (χ0n) is 7.83. The fraction of sp³-hybridized carbons (Fsp3) is 0.100. The van der Waals surface area contributed by atoms with Gasteiger partial charge in [-0.15, -0.1) is 0 Å². The average molecular weight is 228 g/mol. The lowest BCUT2D eigenvalue weighted by Crippen LogP contribution is -2.24. The molecular weight excluding hydrogens is 218 g/mol. The zero-order valence-corrected chi connectivity index (χ0v) is 8.58. The highest BCUT2D eigenvalue weighted by atomic mass is 35.5. The summed E-state index contributed by atoms with van der Waals surface area (Å²) in [6, 6.07) is 3.71. The molecule has 4 nitrogen and oxygen atoms in total. The number of aromatic hydroxyl groups is 2. The van der Waals surface area contributed by atoms with E-state index >= 15 is 0 Å². The van der Waals surface area contributed by atoms with E-state index in [9.17, 15) is 9.90 Å². The number of carbonyl (C=O) groups is 1. The molecule has 0 fully saturated rings. The van der Waals surface area contributed by atoms with E-state index in [1.165, 1.54) is 12.1 Å². The second-order valence-corrected chi connectivity index (χ2v) is 3.44. The SMILES string of the molecule is C=C(Cl)CNC(=O)c1ccc(O)cc1O. The maximum absolute atomic E-state index is 11.4. The number of amides is 1. The Hall–Kier alpha value is -1.68. The van der Waals surface area contributed by atoms with Crippen LogP contribution in [-0.2, 0) is 0 Å². The second kappa shape index (κ2) is 4.70. The number of rotatable bonds is 3. The van der Waals surface area contributed by atoms with Crippen LogP contribution >= 0.6 is 11.6 Å². The van der Waals surface area contributed by atoms with Gasteiger partial charge in [0.1, 0.15) is 11.5 Å². The molecule has 0 radical (unpaired) electrons. The molecule has 0 atom stereocenters. The number of hydrogen-bond acceptors (Lipinski definition) is 3. The van der Waals surface area contributed by atoms with Gasteiger partial charge in [0.05, 0.1) is 12.1 Å². The molecule has 1 aromatic rings. The molecule has 3 N–H and O–H groups in total. The van der Waals surface area contributed by atoms with E-state index in [2.05, 4.69) is 11.9 Å². The molecule has 0 unspecified atom stereocenters. The summed E-state index contributed by atoms with van der Waals surface area (Å²) in [5, 5.41) is 21.1. The van der Waals surface area contributed by atoms with Crippen molar-refractivity contribution >= 4 is 17.5 Å². The Morgan fingerprint density at radius 1 is 1.47 bits per heavy atom. The molecule has 0 saturated carbocycles. The first-order chi connectivity index (χ1) is 7.00. The van der Waals surface area contributed by atoms with Crippen LogP contribution in [0.3, 0.4) is 0 Å². The van der Waals surface area contributed by atoms with Gasteiger partial charge in [-0.05, 0) is 12.1 Å². The van der Waals surface area contributed by atoms with Gasteiger partial charge in [-0.1, -0.05) is 18.2 Å². The van der Waals surface area contributed by atoms with Crippen LogP contribution in [0.2, 0.25) is 0 Å². The Morgan fingerprint density at radius 3 is 2.67 bits per heavy atom. The van der Waals surface area contributed by atoms with Crippen LogP contribution in [0.15, 0.2) is 29.8 Å². The van der Waals surface area contributed by atoms with Crippen molar-refractivity contribution in [2.24, 2.45) is 0 Å². The minimum Gasteiger partial charge on any atom is -0.508 e. The van der Waals surface area contributed by atoms with Gasteiger partial charge in [0.15, 0.2) is 0 Å². The summed E-state index contributed by atoms with van der Waals surface area (Å²) in [5.41, 5.74) is 0.0747. The summed E-state index contributed by atoms with van der Waals surface area (Å²) in [5.74, 6) is -0.868. The molecule has 0 saturated heterocycles. The number of halogens is 1. The van der Waals surface area contributed by atoms with Crippen molar-refractivity contribution < 1.29 is 15.0 Å². The maximum atomic E-state index is 11.4. The van der Waals surface area contributed by atoms with Gasteiger partial charge in [0.25, 0.3) is 5.91 Å². The van der Waals surface area contributed by atoms with E-state index in [1.54, 1.807) is 0 Å². The predicted octanol–water partition coefficient (Wildman–Crippen LogP) is 1.58. The lowest BCUT2D eigenvalue weighted by Gasteiger charge is -2.05. The molecule has 0 aromatic heterocycles. The van der Waals surface area contributed by atoms with Crippen molar-refractivity contribution in [2.45, 2.75) is 0 Å². The molecule has 1 rings (SSSR count). The van der Waals surface area contributed by atoms with Crippen molar-refractivity contribution in [1.82, 2.24) is 5.32 Å².